The van der Waals surface area contributed by atoms with Crippen LogP contribution in [-0.4, -0.2) is 12.1 Å². The first-order valence-electron chi connectivity index (χ1n) is 7.16. The first-order chi connectivity index (χ1) is 9.22. The van der Waals surface area contributed by atoms with Gasteiger partial charge in [-0.2, -0.15) is 0 Å². The third-order valence-corrected chi connectivity index (χ3v) is 2.99. The summed E-state index contributed by atoms with van der Waals surface area (Å²) in [6.45, 7) is 4.15. The van der Waals surface area contributed by atoms with Gasteiger partial charge in [-0.1, -0.05) is 56.5 Å². The molecule has 0 saturated carbocycles. The molecule has 0 amide bonds. The Bertz CT molecular complexity index is 382. The zero-order valence-electron chi connectivity index (χ0n) is 12.0. The number of carbonyl (C=O) groups excluding carboxylic acids is 1. The number of esters is 1. The predicted molar refractivity (Wildman–Crippen MR) is 79.8 cm³/mol. The number of hydrogen-bond acceptors (Lipinski definition) is 2. The van der Waals surface area contributed by atoms with Crippen LogP contribution in [0.2, 0.25) is 0 Å². The molecule has 0 bridgehead atoms. The number of hydrogen-bond donors (Lipinski definition) is 0. The molecule has 104 valence electrons. The van der Waals surface area contributed by atoms with Crippen LogP contribution < -0.4 is 0 Å². The highest BCUT2D eigenvalue weighted by Crippen LogP contribution is 2.08. The van der Waals surface area contributed by atoms with Crippen LogP contribution in [0.25, 0.3) is 6.08 Å². The Balaban J connectivity index is 2.25. The van der Waals surface area contributed by atoms with Gasteiger partial charge in [-0.15, -0.1) is 0 Å². The smallest absolute Gasteiger partial charge is 0.331 e. The molecule has 2 nitrogen and oxygen atoms in total. The molecule has 1 atom stereocenters. The molecule has 0 saturated heterocycles. The third-order valence-electron chi connectivity index (χ3n) is 2.99. The van der Waals surface area contributed by atoms with Gasteiger partial charge in [0.1, 0.15) is 0 Å². The topological polar surface area (TPSA) is 26.3 Å². The molecule has 0 aliphatic heterocycles. The van der Waals surface area contributed by atoms with Gasteiger partial charge in [0.15, 0.2) is 0 Å². The van der Waals surface area contributed by atoms with Crippen molar-refractivity contribution in [1.29, 1.82) is 0 Å². The number of rotatable bonds is 8. The molecule has 0 N–H and O–H groups in total. The van der Waals surface area contributed by atoms with Crippen LogP contribution in [0.4, 0.5) is 0 Å². The van der Waals surface area contributed by atoms with Gasteiger partial charge in [-0.3, -0.25) is 0 Å². The lowest BCUT2D eigenvalue weighted by Crippen LogP contribution is -2.12. The molecule has 0 unspecified atom stereocenters. The maximum atomic E-state index is 11.6. The lowest BCUT2D eigenvalue weighted by Gasteiger charge is -2.11. The van der Waals surface area contributed by atoms with Gasteiger partial charge in [0.05, 0.1) is 6.10 Å². The molecule has 0 radical (unpaired) electrons. The maximum Gasteiger partial charge on any atom is 0.331 e. The summed E-state index contributed by atoms with van der Waals surface area (Å²) in [5.41, 5.74) is 1.01. The summed E-state index contributed by atoms with van der Waals surface area (Å²) in [5.74, 6) is -0.258. The molecular formula is C17H24O2. The van der Waals surface area contributed by atoms with Crippen molar-refractivity contribution in [2.24, 2.45) is 0 Å². The summed E-state index contributed by atoms with van der Waals surface area (Å²) in [6, 6.07) is 9.76. The molecule has 0 aliphatic rings. The summed E-state index contributed by atoms with van der Waals surface area (Å²) in [4.78, 5) is 11.6. The van der Waals surface area contributed by atoms with Crippen LogP contribution in [0.5, 0.6) is 0 Å². The molecule has 0 aliphatic carbocycles. The van der Waals surface area contributed by atoms with E-state index in [1.165, 1.54) is 25.3 Å². The fourth-order valence-corrected chi connectivity index (χ4v) is 1.88. The Morgan fingerprint density at radius 1 is 1.21 bits per heavy atom. The largest absolute Gasteiger partial charge is 0.460 e. The van der Waals surface area contributed by atoms with Gasteiger partial charge in [0, 0.05) is 6.08 Å². The lowest BCUT2D eigenvalue weighted by atomic mass is 10.1. The van der Waals surface area contributed by atoms with E-state index in [0.29, 0.717) is 0 Å². The van der Waals surface area contributed by atoms with Gasteiger partial charge in [0.2, 0.25) is 0 Å². The normalized spacial score (nSPS) is 12.5. The van der Waals surface area contributed by atoms with Crippen molar-refractivity contribution in [2.45, 2.75) is 52.1 Å². The summed E-state index contributed by atoms with van der Waals surface area (Å²) >= 11 is 0. The minimum absolute atomic E-state index is 0.00443. The van der Waals surface area contributed by atoms with Crippen molar-refractivity contribution in [2.75, 3.05) is 0 Å². The van der Waals surface area contributed by atoms with E-state index in [2.05, 4.69) is 6.92 Å². The third kappa shape index (κ3) is 7.45. The number of unbranched alkanes of at least 4 members (excludes halogenated alkanes) is 3. The van der Waals surface area contributed by atoms with Gasteiger partial charge in [-0.25, -0.2) is 4.79 Å². The molecule has 0 spiro atoms. The monoisotopic (exact) mass is 260 g/mol. The molecule has 0 heterocycles. The Hall–Kier alpha value is -1.57. The molecule has 1 aromatic carbocycles. The van der Waals surface area contributed by atoms with E-state index in [1.54, 1.807) is 6.08 Å². The molecule has 19 heavy (non-hydrogen) atoms. The Kier molecular flexibility index (Phi) is 7.64. The SMILES string of the molecule is CCCCCC[C@@H](C)OC(=O)/C=C/c1ccccc1. The minimum Gasteiger partial charge on any atom is -0.460 e. The van der Waals surface area contributed by atoms with Gasteiger partial charge < -0.3 is 4.74 Å². The van der Waals surface area contributed by atoms with Crippen LogP contribution >= 0.6 is 0 Å². The minimum atomic E-state index is -0.258. The number of benzene rings is 1. The van der Waals surface area contributed by atoms with Crippen molar-refractivity contribution in [1.82, 2.24) is 0 Å². The molecular weight excluding hydrogens is 236 g/mol. The van der Waals surface area contributed by atoms with Crippen molar-refractivity contribution in [3.8, 4) is 0 Å². The first kappa shape index (κ1) is 15.5. The van der Waals surface area contributed by atoms with E-state index in [4.69, 9.17) is 4.74 Å². The molecule has 0 aromatic heterocycles. The highest BCUT2D eigenvalue weighted by Gasteiger charge is 2.06. The van der Waals surface area contributed by atoms with Gasteiger partial charge in [-0.05, 0) is 31.4 Å². The Morgan fingerprint density at radius 2 is 1.95 bits per heavy atom. The first-order valence-corrected chi connectivity index (χ1v) is 7.16. The van der Waals surface area contributed by atoms with Crippen molar-refractivity contribution in [3.63, 3.8) is 0 Å². The van der Waals surface area contributed by atoms with E-state index in [-0.39, 0.29) is 12.1 Å². The van der Waals surface area contributed by atoms with Crippen LogP contribution in [0.3, 0.4) is 0 Å². The molecule has 1 rings (SSSR count). The average Bonchev–Trinajstić information content (AvgIpc) is 2.42. The second-order valence-electron chi connectivity index (χ2n) is 4.84. The molecule has 0 fully saturated rings. The Morgan fingerprint density at radius 3 is 2.63 bits per heavy atom. The predicted octanol–water partition coefficient (Wildman–Crippen LogP) is 4.60. The second-order valence-corrected chi connectivity index (χ2v) is 4.84. The van der Waals surface area contributed by atoms with E-state index >= 15 is 0 Å². The summed E-state index contributed by atoms with van der Waals surface area (Å²) < 4.78 is 5.33. The van der Waals surface area contributed by atoms with Crippen molar-refractivity contribution in [3.05, 3.63) is 42.0 Å². The van der Waals surface area contributed by atoms with E-state index < -0.39 is 0 Å². The highest BCUT2D eigenvalue weighted by atomic mass is 16.5. The zero-order valence-corrected chi connectivity index (χ0v) is 12.0. The van der Waals surface area contributed by atoms with E-state index in [1.807, 2.05) is 37.3 Å². The highest BCUT2D eigenvalue weighted by molar-refractivity contribution is 5.87. The van der Waals surface area contributed by atoms with E-state index in [0.717, 1.165) is 18.4 Å². The van der Waals surface area contributed by atoms with Crippen LogP contribution in [0.1, 0.15) is 51.5 Å². The zero-order chi connectivity index (χ0) is 13.9. The summed E-state index contributed by atoms with van der Waals surface area (Å²) in [5, 5.41) is 0. The van der Waals surface area contributed by atoms with Crippen LogP contribution in [0.15, 0.2) is 36.4 Å². The lowest BCUT2D eigenvalue weighted by molar-refractivity contribution is -0.142. The Labute approximate surface area is 116 Å². The van der Waals surface area contributed by atoms with E-state index in [9.17, 15) is 4.79 Å². The number of carbonyl (C=O) groups is 1. The molecule has 1 aromatic rings. The van der Waals surface area contributed by atoms with Crippen LogP contribution in [0, 0.1) is 0 Å². The van der Waals surface area contributed by atoms with Crippen LogP contribution in [-0.2, 0) is 9.53 Å². The second kappa shape index (κ2) is 9.37. The number of ether oxygens (including phenoxy) is 1. The fraction of sp³-hybridized carbons (Fsp3) is 0.471. The van der Waals surface area contributed by atoms with Crippen molar-refractivity contribution < 1.29 is 9.53 Å². The van der Waals surface area contributed by atoms with Gasteiger partial charge >= 0.3 is 5.97 Å². The fourth-order valence-electron chi connectivity index (χ4n) is 1.88. The van der Waals surface area contributed by atoms with Gasteiger partial charge in [0.25, 0.3) is 0 Å². The average molecular weight is 260 g/mol. The summed E-state index contributed by atoms with van der Waals surface area (Å²) in [6.07, 6.45) is 9.07. The quantitative estimate of drug-likeness (QED) is 0.388. The van der Waals surface area contributed by atoms with Crippen molar-refractivity contribution >= 4 is 12.0 Å². The molecule has 2 heteroatoms. The standard InChI is InChI=1S/C17H24O2/c1-3-4-5-7-10-15(2)19-17(18)14-13-16-11-8-6-9-12-16/h6,8-9,11-15H,3-5,7,10H2,1-2H3/b14-13+/t15-/m1/s1. The maximum absolute atomic E-state index is 11.6. The summed E-state index contributed by atoms with van der Waals surface area (Å²) in [7, 11) is 0.